The Balaban J connectivity index is 1.64. The van der Waals surface area contributed by atoms with Crippen LogP contribution in [-0.2, 0) is 9.53 Å². The zero-order valence-corrected chi connectivity index (χ0v) is 16.9. The van der Waals surface area contributed by atoms with Gasteiger partial charge in [0.1, 0.15) is 12.0 Å². The number of hydrogen-bond acceptors (Lipinski definition) is 3. The summed E-state index contributed by atoms with van der Waals surface area (Å²) in [5.74, 6) is -0.890. The minimum absolute atomic E-state index is 0.0404. The Morgan fingerprint density at radius 1 is 1.00 bits per heavy atom. The van der Waals surface area contributed by atoms with Gasteiger partial charge in [0, 0.05) is 5.71 Å². The van der Waals surface area contributed by atoms with Gasteiger partial charge in [-0.2, -0.15) is 0 Å². The summed E-state index contributed by atoms with van der Waals surface area (Å²) in [7, 11) is 0. The highest BCUT2D eigenvalue weighted by atomic mass is 16.5. The molecule has 0 radical (unpaired) electrons. The normalized spacial score (nSPS) is 23.6. The first-order valence-electron chi connectivity index (χ1n) is 10.7. The third-order valence-electron chi connectivity index (χ3n) is 6.09. The van der Waals surface area contributed by atoms with Crippen molar-refractivity contribution in [3.63, 3.8) is 0 Å². The Hall–Kier alpha value is -2.69. The van der Waals surface area contributed by atoms with Crippen LogP contribution in [0.1, 0.15) is 63.5 Å². The Labute approximate surface area is 171 Å². The molecule has 2 aliphatic rings. The van der Waals surface area contributed by atoms with Crippen LogP contribution in [-0.4, -0.2) is 23.8 Å². The van der Waals surface area contributed by atoms with Crippen molar-refractivity contribution >= 4 is 28.5 Å². The molecule has 0 bridgehead atoms. The van der Waals surface area contributed by atoms with Crippen LogP contribution >= 0.6 is 0 Å². The molecule has 1 N–H and O–H groups in total. The molecule has 0 aromatic heterocycles. The summed E-state index contributed by atoms with van der Waals surface area (Å²) in [6.07, 6.45) is 7.66. The first kappa shape index (κ1) is 19.6. The highest BCUT2D eigenvalue weighted by molar-refractivity contribution is 6.08. The number of aliphatic imine (C=N–C) groups is 1. The minimum Gasteiger partial charge on any atom is -0.462 e. The van der Waals surface area contributed by atoms with Gasteiger partial charge in [-0.05, 0) is 48.9 Å². The summed E-state index contributed by atoms with van der Waals surface area (Å²) in [4.78, 5) is 29.5. The number of hydrogen-bond donors (Lipinski definition) is 1. The van der Waals surface area contributed by atoms with E-state index < -0.39 is 18.0 Å². The van der Waals surface area contributed by atoms with Crippen LogP contribution in [0.25, 0.3) is 10.8 Å². The first-order chi connectivity index (χ1) is 14.1. The first-order valence-corrected chi connectivity index (χ1v) is 10.7. The predicted octanol–water partition coefficient (Wildman–Crippen LogP) is 5.34. The molecule has 1 fully saturated rings. The van der Waals surface area contributed by atoms with Crippen LogP contribution < -0.4 is 5.32 Å². The van der Waals surface area contributed by atoms with E-state index in [1.807, 2.05) is 42.5 Å². The lowest BCUT2D eigenvalue weighted by molar-refractivity contribution is -0.153. The summed E-state index contributed by atoms with van der Waals surface area (Å²) >= 11 is 0. The Kier molecular flexibility index (Phi) is 5.93. The summed E-state index contributed by atoms with van der Waals surface area (Å²) in [6.45, 7) is 1.75. The highest BCUT2D eigenvalue weighted by Gasteiger charge is 2.39. The Morgan fingerprint density at radius 2 is 1.69 bits per heavy atom. The lowest BCUT2D eigenvalue weighted by Crippen LogP contribution is -2.45. The topological polar surface area (TPSA) is 67.8 Å². The van der Waals surface area contributed by atoms with Crippen molar-refractivity contribution in [1.29, 1.82) is 0 Å². The molecule has 152 valence electrons. The minimum atomic E-state index is -0.607. The number of nitrogens with one attached hydrogen (secondary N) is 1. The van der Waals surface area contributed by atoms with Crippen molar-refractivity contribution in [1.82, 2.24) is 5.32 Å². The summed E-state index contributed by atoms with van der Waals surface area (Å²) in [6, 6.07) is 13.1. The summed E-state index contributed by atoms with van der Waals surface area (Å²) in [5.41, 5.74) is 1.44. The molecule has 1 aliphatic heterocycles. The molecule has 2 amide bonds. The van der Waals surface area contributed by atoms with Gasteiger partial charge in [0.2, 0.25) is 0 Å². The Morgan fingerprint density at radius 3 is 2.48 bits per heavy atom. The molecule has 5 nitrogen and oxygen atoms in total. The SMILES string of the molecule is CC1=NC(=O)NC(c2cccc3ccccc23)C1C(=O)OC1CCCCCCC1. The third-order valence-corrected chi connectivity index (χ3v) is 6.09. The van der Waals surface area contributed by atoms with Crippen molar-refractivity contribution < 1.29 is 14.3 Å². The van der Waals surface area contributed by atoms with E-state index in [9.17, 15) is 9.59 Å². The Bertz CT molecular complexity index is 923. The van der Waals surface area contributed by atoms with Crippen LogP contribution in [0.15, 0.2) is 47.5 Å². The second-order valence-corrected chi connectivity index (χ2v) is 8.13. The highest BCUT2D eigenvalue weighted by Crippen LogP contribution is 2.33. The number of amides is 2. The second kappa shape index (κ2) is 8.76. The number of ether oxygens (including phenoxy) is 1. The van der Waals surface area contributed by atoms with Gasteiger partial charge in [0.25, 0.3) is 0 Å². The third kappa shape index (κ3) is 4.34. The van der Waals surface area contributed by atoms with E-state index in [0.717, 1.165) is 42.0 Å². The monoisotopic (exact) mass is 392 g/mol. The lowest BCUT2D eigenvalue weighted by Gasteiger charge is -2.32. The van der Waals surface area contributed by atoms with Gasteiger partial charge in [0.15, 0.2) is 0 Å². The molecule has 5 heteroatoms. The number of fused-ring (bicyclic) bond motifs is 1. The number of esters is 1. The smallest absolute Gasteiger partial charge is 0.341 e. The van der Waals surface area contributed by atoms with Gasteiger partial charge in [-0.1, -0.05) is 61.7 Å². The summed E-state index contributed by atoms with van der Waals surface area (Å²) in [5, 5.41) is 5.02. The zero-order valence-electron chi connectivity index (χ0n) is 16.9. The average molecular weight is 392 g/mol. The lowest BCUT2D eigenvalue weighted by atomic mass is 9.86. The molecule has 2 unspecified atom stereocenters. The number of carbonyl (C=O) groups excluding carboxylic acids is 2. The summed E-state index contributed by atoms with van der Waals surface area (Å²) < 4.78 is 5.96. The molecule has 1 aliphatic carbocycles. The fourth-order valence-electron chi connectivity index (χ4n) is 4.58. The predicted molar refractivity (Wildman–Crippen MR) is 114 cm³/mol. The number of benzene rings is 2. The van der Waals surface area contributed by atoms with E-state index in [-0.39, 0.29) is 12.1 Å². The van der Waals surface area contributed by atoms with Crippen molar-refractivity contribution in [3.8, 4) is 0 Å². The fraction of sp³-hybridized carbons (Fsp3) is 0.458. The van der Waals surface area contributed by atoms with E-state index in [2.05, 4.69) is 10.3 Å². The van der Waals surface area contributed by atoms with Crippen LogP contribution in [0.2, 0.25) is 0 Å². The molecule has 29 heavy (non-hydrogen) atoms. The van der Waals surface area contributed by atoms with Crippen LogP contribution in [0.4, 0.5) is 4.79 Å². The van der Waals surface area contributed by atoms with Crippen molar-refractivity contribution in [2.75, 3.05) is 0 Å². The van der Waals surface area contributed by atoms with Crippen molar-refractivity contribution in [2.24, 2.45) is 10.9 Å². The average Bonchev–Trinajstić information content (AvgIpc) is 2.68. The van der Waals surface area contributed by atoms with E-state index >= 15 is 0 Å². The number of urea groups is 1. The van der Waals surface area contributed by atoms with Gasteiger partial charge in [-0.3, -0.25) is 4.79 Å². The van der Waals surface area contributed by atoms with Crippen LogP contribution in [0, 0.1) is 5.92 Å². The van der Waals surface area contributed by atoms with Gasteiger partial charge >= 0.3 is 12.0 Å². The van der Waals surface area contributed by atoms with E-state index in [1.54, 1.807) is 6.92 Å². The number of nitrogens with zero attached hydrogens (tertiary/aromatic N) is 1. The molecule has 2 aromatic carbocycles. The van der Waals surface area contributed by atoms with Crippen molar-refractivity contribution in [3.05, 3.63) is 48.0 Å². The van der Waals surface area contributed by atoms with E-state index in [1.165, 1.54) is 19.3 Å². The zero-order chi connectivity index (χ0) is 20.2. The largest absolute Gasteiger partial charge is 0.462 e. The maximum atomic E-state index is 13.2. The number of carbonyl (C=O) groups is 2. The van der Waals surface area contributed by atoms with E-state index in [4.69, 9.17) is 4.74 Å². The van der Waals surface area contributed by atoms with E-state index in [0.29, 0.717) is 5.71 Å². The quantitative estimate of drug-likeness (QED) is 0.717. The standard InChI is InChI=1S/C24H28N2O3/c1-16-21(23(27)29-18-12-5-3-2-4-6-13-18)22(26-24(28)25-16)20-15-9-11-17-10-7-8-14-19(17)20/h7-11,14-15,18,21-22H,2-6,12-13H2,1H3,(H,26,28). The number of rotatable bonds is 3. The molecule has 1 heterocycles. The fourth-order valence-corrected chi connectivity index (χ4v) is 4.58. The molecule has 0 saturated heterocycles. The van der Waals surface area contributed by atoms with Crippen molar-refractivity contribution in [2.45, 2.75) is 64.0 Å². The molecular formula is C24H28N2O3. The van der Waals surface area contributed by atoms with Crippen LogP contribution in [0.5, 0.6) is 0 Å². The molecule has 0 spiro atoms. The molecular weight excluding hydrogens is 364 g/mol. The van der Waals surface area contributed by atoms with Gasteiger partial charge < -0.3 is 10.1 Å². The molecule has 4 rings (SSSR count). The van der Waals surface area contributed by atoms with Crippen LogP contribution in [0.3, 0.4) is 0 Å². The molecule has 2 atom stereocenters. The van der Waals surface area contributed by atoms with Gasteiger partial charge in [-0.15, -0.1) is 0 Å². The molecule has 1 saturated carbocycles. The van der Waals surface area contributed by atoms with Gasteiger partial charge in [0.05, 0.1) is 6.04 Å². The second-order valence-electron chi connectivity index (χ2n) is 8.13. The molecule has 2 aromatic rings. The maximum Gasteiger partial charge on any atom is 0.341 e. The van der Waals surface area contributed by atoms with Gasteiger partial charge in [-0.25, -0.2) is 9.79 Å². The maximum absolute atomic E-state index is 13.2.